The molecule has 2 amide bonds. The Bertz CT molecular complexity index is 1110. The zero-order valence-electron chi connectivity index (χ0n) is 19.5. The quantitative estimate of drug-likeness (QED) is 0.478. The molecule has 34 heavy (non-hydrogen) atoms. The van der Waals surface area contributed by atoms with Crippen LogP contribution in [0.25, 0.3) is 0 Å². The molecule has 0 aromatic heterocycles. The zero-order valence-corrected chi connectivity index (χ0v) is 21.9. The summed E-state index contributed by atoms with van der Waals surface area (Å²) in [6.07, 6.45) is 1.02. The third-order valence-corrected chi connectivity index (χ3v) is 6.85. The molecular formula is C23H29Cl2N3O5S. The number of hydrogen-bond acceptors (Lipinski definition) is 5. The summed E-state index contributed by atoms with van der Waals surface area (Å²) in [5.41, 5.74) is 0.949. The number of likely N-dealkylation sites (N-methyl/N-ethyl adjacent to an activating group) is 1. The molecule has 8 nitrogen and oxygen atoms in total. The molecule has 0 heterocycles. The standard InChI is InChI=1S/C23H29Cl2N3O5S/c1-5-26-23(30)16(3)27(14-17-7-12-20(24)21(25)13-17)22(29)15-28(34(4,31)32)18-8-10-19(11-9-18)33-6-2/h7-13,16H,5-6,14-15H2,1-4H3,(H,26,30)/t16-/m1/s1. The van der Waals surface area contributed by atoms with Crippen molar-refractivity contribution in [2.75, 3.05) is 30.3 Å². The number of nitrogens with one attached hydrogen (secondary N) is 1. The predicted octanol–water partition coefficient (Wildman–Crippen LogP) is 3.71. The van der Waals surface area contributed by atoms with Crippen LogP contribution in [0.1, 0.15) is 26.3 Å². The molecule has 0 aliphatic carbocycles. The highest BCUT2D eigenvalue weighted by Gasteiger charge is 2.30. The average Bonchev–Trinajstić information content (AvgIpc) is 2.78. The summed E-state index contributed by atoms with van der Waals surface area (Å²) in [6.45, 7) is 5.60. The molecule has 186 valence electrons. The summed E-state index contributed by atoms with van der Waals surface area (Å²) >= 11 is 12.1. The molecule has 1 N–H and O–H groups in total. The Morgan fingerprint density at radius 3 is 2.24 bits per heavy atom. The Hall–Kier alpha value is -2.49. The lowest BCUT2D eigenvalue weighted by atomic mass is 10.1. The number of carbonyl (C=O) groups is 2. The minimum Gasteiger partial charge on any atom is -0.494 e. The van der Waals surface area contributed by atoms with Crippen LogP contribution in [0.15, 0.2) is 42.5 Å². The van der Waals surface area contributed by atoms with Crippen molar-refractivity contribution < 1.29 is 22.7 Å². The van der Waals surface area contributed by atoms with Gasteiger partial charge in [-0.05, 0) is 62.7 Å². The minimum absolute atomic E-state index is 0.0366. The first-order valence-electron chi connectivity index (χ1n) is 10.7. The molecule has 2 aromatic carbocycles. The third-order valence-electron chi connectivity index (χ3n) is 4.97. The number of hydrogen-bond donors (Lipinski definition) is 1. The van der Waals surface area contributed by atoms with E-state index < -0.39 is 28.5 Å². The van der Waals surface area contributed by atoms with E-state index in [4.69, 9.17) is 27.9 Å². The van der Waals surface area contributed by atoms with E-state index in [1.165, 1.54) is 4.90 Å². The monoisotopic (exact) mass is 529 g/mol. The highest BCUT2D eigenvalue weighted by Crippen LogP contribution is 2.25. The van der Waals surface area contributed by atoms with Crippen molar-refractivity contribution in [1.29, 1.82) is 0 Å². The van der Waals surface area contributed by atoms with Gasteiger partial charge in [0.2, 0.25) is 21.8 Å². The number of ether oxygens (including phenoxy) is 1. The number of halogens is 2. The first-order chi connectivity index (χ1) is 16.0. The van der Waals surface area contributed by atoms with Crippen LogP contribution in [-0.4, -0.2) is 57.1 Å². The Morgan fingerprint density at radius 1 is 1.06 bits per heavy atom. The van der Waals surface area contributed by atoms with Gasteiger partial charge in [0.15, 0.2) is 0 Å². The van der Waals surface area contributed by atoms with E-state index in [1.54, 1.807) is 56.3 Å². The van der Waals surface area contributed by atoms with Crippen molar-refractivity contribution in [3.05, 3.63) is 58.1 Å². The first kappa shape index (κ1) is 27.8. The Labute approximate surface area is 210 Å². The van der Waals surface area contributed by atoms with Gasteiger partial charge in [-0.3, -0.25) is 13.9 Å². The SMILES string of the molecule is CCNC(=O)[C@@H](C)N(Cc1ccc(Cl)c(Cl)c1)C(=O)CN(c1ccc(OCC)cc1)S(C)(=O)=O. The van der Waals surface area contributed by atoms with Crippen molar-refractivity contribution in [2.45, 2.75) is 33.4 Å². The van der Waals surface area contributed by atoms with E-state index in [0.717, 1.165) is 10.6 Å². The van der Waals surface area contributed by atoms with Crippen LogP contribution in [0.2, 0.25) is 10.0 Å². The lowest BCUT2D eigenvalue weighted by Gasteiger charge is -2.31. The van der Waals surface area contributed by atoms with E-state index in [2.05, 4.69) is 5.32 Å². The number of carbonyl (C=O) groups excluding carboxylic acids is 2. The summed E-state index contributed by atoms with van der Waals surface area (Å²) in [5.74, 6) is -0.329. The largest absolute Gasteiger partial charge is 0.494 e. The second-order valence-electron chi connectivity index (χ2n) is 7.54. The Kier molecular flexibility index (Phi) is 10.0. The summed E-state index contributed by atoms with van der Waals surface area (Å²) < 4.78 is 31.5. The fraction of sp³-hybridized carbons (Fsp3) is 0.391. The summed E-state index contributed by atoms with van der Waals surface area (Å²) in [7, 11) is -3.81. The smallest absolute Gasteiger partial charge is 0.244 e. The molecule has 2 aromatic rings. The van der Waals surface area contributed by atoms with Gasteiger partial charge in [0.05, 0.1) is 28.6 Å². The van der Waals surface area contributed by atoms with E-state index in [1.807, 2.05) is 6.92 Å². The number of benzene rings is 2. The molecule has 11 heteroatoms. The van der Waals surface area contributed by atoms with Crippen molar-refractivity contribution >= 4 is 50.7 Å². The maximum atomic E-state index is 13.4. The average molecular weight is 530 g/mol. The molecule has 0 radical (unpaired) electrons. The maximum absolute atomic E-state index is 13.4. The van der Waals surface area contributed by atoms with Crippen LogP contribution >= 0.6 is 23.2 Å². The number of anilines is 1. The third kappa shape index (κ3) is 7.51. The second-order valence-corrected chi connectivity index (χ2v) is 10.3. The Morgan fingerprint density at radius 2 is 1.71 bits per heavy atom. The van der Waals surface area contributed by atoms with Gasteiger partial charge in [-0.25, -0.2) is 8.42 Å². The van der Waals surface area contributed by atoms with Crippen molar-refractivity contribution in [2.24, 2.45) is 0 Å². The Balaban J connectivity index is 2.37. The highest BCUT2D eigenvalue weighted by molar-refractivity contribution is 7.92. The van der Waals surface area contributed by atoms with Gasteiger partial charge < -0.3 is 15.0 Å². The molecular weight excluding hydrogens is 501 g/mol. The van der Waals surface area contributed by atoms with Gasteiger partial charge in [-0.1, -0.05) is 29.3 Å². The highest BCUT2D eigenvalue weighted by atomic mass is 35.5. The molecule has 0 saturated carbocycles. The summed E-state index contributed by atoms with van der Waals surface area (Å²) in [4.78, 5) is 27.3. The number of nitrogens with zero attached hydrogens (tertiary/aromatic N) is 2. The van der Waals surface area contributed by atoms with Gasteiger partial charge in [-0.15, -0.1) is 0 Å². The van der Waals surface area contributed by atoms with Crippen molar-refractivity contribution in [3.8, 4) is 5.75 Å². The lowest BCUT2D eigenvalue weighted by Crippen LogP contribution is -2.51. The minimum atomic E-state index is -3.81. The maximum Gasteiger partial charge on any atom is 0.244 e. The van der Waals surface area contributed by atoms with Gasteiger partial charge >= 0.3 is 0 Å². The summed E-state index contributed by atoms with van der Waals surface area (Å²) in [6, 6.07) is 10.4. The first-order valence-corrected chi connectivity index (χ1v) is 13.3. The molecule has 0 saturated heterocycles. The lowest BCUT2D eigenvalue weighted by molar-refractivity contribution is -0.139. The molecule has 0 aliphatic heterocycles. The van der Waals surface area contributed by atoms with Gasteiger partial charge in [-0.2, -0.15) is 0 Å². The fourth-order valence-electron chi connectivity index (χ4n) is 3.23. The predicted molar refractivity (Wildman–Crippen MR) is 135 cm³/mol. The second kappa shape index (κ2) is 12.3. The fourth-order valence-corrected chi connectivity index (χ4v) is 4.40. The van der Waals surface area contributed by atoms with Crippen molar-refractivity contribution in [1.82, 2.24) is 10.2 Å². The van der Waals surface area contributed by atoms with Gasteiger partial charge in [0, 0.05) is 13.1 Å². The van der Waals surface area contributed by atoms with E-state index in [-0.39, 0.29) is 12.5 Å². The molecule has 0 aliphatic rings. The van der Waals surface area contributed by atoms with E-state index in [0.29, 0.717) is 40.2 Å². The molecule has 0 bridgehead atoms. The molecule has 0 spiro atoms. The molecule has 1 atom stereocenters. The molecule has 0 unspecified atom stereocenters. The normalized spacial score (nSPS) is 12.1. The number of rotatable bonds is 11. The van der Waals surface area contributed by atoms with Crippen LogP contribution in [0.5, 0.6) is 5.75 Å². The molecule has 0 fully saturated rings. The van der Waals surface area contributed by atoms with Gasteiger partial charge in [0.1, 0.15) is 18.3 Å². The van der Waals surface area contributed by atoms with Gasteiger partial charge in [0.25, 0.3) is 0 Å². The molecule has 2 rings (SSSR count). The topological polar surface area (TPSA) is 96.0 Å². The van der Waals surface area contributed by atoms with Crippen molar-refractivity contribution in [3.63, 3.8) is 0 Å². The van der Waals surface area contributed by atoms with Crippen LogP contribution in [0.4, 0.5) is 5.69 Å². The van der Waals surface area contributed by atoms with E-state index >= 15 is 0 Å². The van der Waals surface area contributed by atoms with Crippen LogP contribution < -0.4 is 14.4 Å². The number of sulfonamides is 1. The summed E-state index contributed by atoms with van der Waals surface area (Å²) in [5, 5.41) is 3.36. The van der Waals surface area contributed by atoms with E-state index in [9.17, 15) is 18.0 Å². The van der Waals surface area contributed by atoms with Crippen LogP contribution in [0, 0.1) is 0 Å². The number of amides is 2. The van der Waals surface area contributed by atoms with Crippen LogP contribution in [-0.2, 0) is 26.2 Å². The van der Waals surface area contributed by atoms with Crippen LogP contribution in [0.3, 0.4) is 0 Å². The zero-order chi connectivity index (χ0) is 25.5.